The number of hydrogen-bond acceptors (Lipinski definition) is 3. The molecule has 3 nitrogen and oxygen atoms in total. The molecule has 3 atom stereocenters. The maximum Gasteiger partial charge on any atom is 0.0540 e. The second-order valence-corrected chi connectivity index (χ2v) is 5.77. The van der Waals surface area contributed by atoms with E-state index in [1.54, 1.807) is 0 Å². The van der Waals surface area contributed by atoms with Crippen molar-refractivity contribution >= 4 is 0 Å². The van der Waals surface area contributed by atoms with Gasteiger partial charge in [0.1, 0.15) is 0 Å². The lowest BCUT2D eigenvalue weighted by molar-refractivity contribution is 0.0856. The summed E-state index contributed by atoms with van der Waals surface area (Å²) in [5, 5.41) is 9.71. The van der Waals surface area contributed by atoms with Gasteiger partial charge < -0.3 is 15.7 Å². The van der Waals surface area contributed by atoms with E-state index in [1.165, 1.54) is 0 Å². The first kappa shape index (κ1) is 13.9. The van der Waals surface area contributed by atoms with Crippen molar-refractivity contribution in [2.45, 2.75) is 52.2 Å². The number of aliphatic hydroxyl groups excluding tert-OH is 1. The number of aliphatic hydroxyl groups is 1. The van der Waals surface area contributed by atoms with E-state index in [1.807, 2.05) is 6.92 Å². The molecule has 0 saturated carbocycles. The number of nitrogens with zero attached hydrogens (tertiary/aromatic N) is 1. The Morgan fingerprint density at radius 2 is 2.06 bits per heavy atom. The molecule has 1 aliphatic heterocycles. The predicted molar refractivity (Wildman–Crippen MR) is 68.3 cm³/mol. The summed E-state index contributed by atoms with van der Waals surface area (Å²) in [6.07, 6.45) is 2.71. The van der Waals surface area contributed by atoms with E-state index in [-0.39, 0.29) is 6.10 Å². The van der Waals surface area contributed by atoms with Gasteiger partial charge in [0.2, 0.25) is 0 Å². The van der Waals surface area contributed by atoms with Crippen LogP contribution in [0.2, 0.25) is 0 Å². The molecule has 0 radical (unpaired) electrons. The zero-order valence-electron chi connectivity index (χ0n) is 11.0. The molecule has 1 fully saturated rings. The number of rotatable bonds is 5. The summed E-state index contributed by atoms with van der Waals surface area (Å²) < 4.78 is 0. The lowest BCUT2D eigenvalue weighted by Crippen LogP contribution is -2.48. The van der Waals surface area contributed by atoms with Crippen LogP contribution in [0.3, 0.4) is 0 Å². The molecule has 0 amide bonds. The quantitative estimate of drug-likeness (QED) is 0.749. The van der Waals surface area contributed by atoms with Crippen molar-refractivity contribution in [3.05, 3.63) is 0 Å². The molecule has 0 aliphatic carbocycles. The fourth-order valence-corrected chi connectivity index (χ4v) is 2.74. The van der Waals surface area contributed by atoms with Gasteiger partial charge in [0.05, 0.1) is 6.10 Å². The van der Waals surface area contributed by atoms with Crippen molar-refractivity contribution in [3.63, 3.8) is 0 Å². The first-order valence-corrected chi connectivity index (χ1v) is 6.67. The monoisotopic (exact) mass is 228 g/mol. The molecule has 16 heavy (non-hydrogen) atoms. The van der Waals surface area contributed by atoms with E-state index < -0.39 is 0 Å². The van der Waals surface area contributed by atoms with E-state index in [4.69, 9.17) is 5.73 Å². The molecule has 3 N–H and O–H groups in total. The van der Waals surface area contributed by atoms with E-state index in [9.17, 15) is 5.11 Å². The normalized spacial score (nSPS) is 29.6. The van der Waals surface area contributed by atoms with Crippen LogP contribution in [0.4, 0.5) is 0 Å². The SMILES string of the molecule is CCC(O)CC1CC(N)CN(CC(C)C)C1. The molecule has 0 aromatic carbocycles. The van der Waals surface area contributed by atoms with Crippen LogP contribution in [-0.2, 0) is 0 Å². The Labute approximate surface area is 100 Å². The summed E-state index contributed by atoms with van der Waals surface area (Å²) in [6.45, 7) is 9.80. The van der Waals surface area contributed by atoms with Crippen molar-refractivity contribution in [2.24, 2.45) is 17.6 Å². The van der Waals surface area contributed by atoms with Crippen LogP contribution in [-0.4, -0.2) is 41.8 Å². The maximum absolute atomic E-state index is 9.71. The van der Waals surface area contributed by atoms with Crippen LogP contribution in [0.1, 0.15) is 40.0 Å². The summed E-state index contributed by atoms with van der Waals surface area (Å²) in [5.41, 5.74) is 6.09. The number of hydrogen-bond donors (Lipinski definition) is 2. The summed E-state index contributed by atoms with van der Waals surface area (Å²) in [4.78, 5) is 2.46. The molecule has 0 aromatic heterocycles. The number of nitrogens with two attached hydrogens (primary N) is 1. The van der Waals surface area contributed by atoms with Crippen LogP contribution in [0.5, 0.6) is 0 Å². The van der Waals surface area contributed by atoms with Crippen LogP contribution in [0.25, 0.3) is 0 Å². The highest BCUT2D eigenvalue weighted by Gasteiger charge is 2.26. The molecule has 1 aliphatic rings. The van der Waals surface area contributed by atoms with E-state index >= 15 is 0 Å². The first-order chi connectivity index (χ1) is 7.51. The molecule has 1 rings (SSSR count). The molecule has 96 valence electrons. The summed E-state index contributed by atoms with van der Waals surface area (Å²) in [7, 11) is 0. The van der Waals surface area contributed by atoms with Gasteiger partial charge in [-0.1, -0.05) is 20.8 Å². The fourth-order valence-electron chi connectivity index (χ4n) is 2.74. The van der Waals surface area contributed by atoms with Crippen molar-refractivity contribution in [1.82, 2.24) is 4.90 Å². The van der Waals surface area contributed by atoms with Crippen LogP contribution in [0.15, 0.2) is 0 Å². The predicted octanol–water partition coefficient (Wildman–Crippen LogP) is 1.45. The van der Waals surface area contributed by atoms with Crippen molar-refractivity contribution < 1.29 is 5.11 Å². The van der Waals surface area contributed by atoms with Gasteiger partial charge >= 0.3 is 0 Å². The molecule has 0 aromatic rings. The van der Waals surface area contributed by atoms with E-state index in [0.29, 0.717) is 17.9 Å². The van der Waals surface area contributed by atoms with Gasteiger partial charge in [-0.15, -0.1) is 0 Å². The van der Waals surface area contributed by atoms with Gasteiger partial charge in [-0.05, 0) is 31.1 Å². The van der Waals surface area contributed by atoms with Crippen LogP contribution >= 0.6 is 0 Å². The standard InChI is InChI=1S/C13H28N2O/c1-4-13(16)6-11-5-12(14)9-15(8-11)7-10(2)3/h10-13,16H,4-9,14H2,1-3H3. The molecule has 1 heterocycles. The summed E-state index contributed by atoms with van der Waals surface area (Å²) >= 11 is 0. The molecular formula is C13H28N2O. The minimum Gasteiger partial charge on any atom is -0.393 e. The zero-order valence-corrected chi connectivity index (χ0v) is 11.0. The fraction of sp³-hybridized carbons (Fsp3) is 1.00. The molecule has 3 heteroatoms. The third-order valence-electron chi connectivity index (χ3n) is 3.35. The second-order valence-electron chi connectivity index (χ2n) is 5.77. The molecule has 0 bridgehead atoms. The average Bonchev–Trinajstić information content (AvgIpc) is 2.15. The van der Waals surface area contributed by atoms with Gasteiger partial charge in [0, 0.05) is 25.7 Å². The Morgan fingerprint density at radius 3 is 2.62 bits per heavy atom. The summed E-state index contributed by atoms with van der Waals surface area (Å²) in [5.74, 6) is 1.28. The smallest absolute Gasteiger partial charge is 0.0540 e. The highest BCUT2D eigenvalue weighted by molar-refractivity contribution is 4.82. The van der Waals surface area contributed by atoms with E-state index in [2.05, 4.69) is 18.7 Å². The Kier molecular flexibility index (Phi) is 5.73. The Hall–Kier alpha value is -0.120. The topological polar surface area (TPSA) is 49.5 Å². The molecule has 0 spiro atoms. The van der Waals surface area contributed by atoms with Crippen molar-refractivity contribution in [2.75, 3.05) is 19.6 Å². The zero-order chi connectivity index (χ0) is 12.1. The lowest BCUT2D eigenvalue weighted by atomic mass is 9.89. The molecular weight excluding hydrogens is 200 g/mol. The third kappa shape index (κ3) is 4.81. The number of piperidine rings is 1. The van der Waals surface area contributed by atoms with Gasteiger partial charge in [-0.3, -0.25) is 0 Å². The van der Waals surface area contributed by atoms with E-state index in [0.717, 1.165) is 38.9 Å². The highest BCUT2D eigenvalue weighted by Crippen LogP contribution is 2.22. The van der Waals surface area contributed by atoms with Crippen LogP contribution < -0.4 is 5.73 Å². The highest BCUT2D eigenvalue weighted by atomic mass is 16.3. The Bertz CT molecular complexity index is 194. The minimum atomic E-state index is -0.142. The molecule has 1 saturated heterocycles. The average molecular weight is 228 g/mol. The largest absolute Gasteiger partial charge is 0.393 e. The Balaban J connectivity index is 2.41. The van der Waals surface area contributed by atoms with Gasteiger partial charge in [0.25, 0.3) is 0 Å². The lowest BCUT2D eigenvalue weighted by Gasteiger charge is -2.37. The van der Waals surface area contributed by atoms with Gasteiger partial charge in [-0.2, -0.15) is 0 Å². The second kappa shape index (κ2) is 6.58. The van der Waals surface area contributed by atoms with Crippen molar-refractivity contribution in [3.8, 4) is 0 Å². The minimum absolute atomic E-state index is 0.142. The number of likely N-dealkylation sites (tertiary alicyclic amines) is 1. The van der Waals surface area contributed by atoms with Gasteiger partial charge in [0.15, 0.2) is 0 Å². The van der Waals surface area contributed by atoms with Gasteiger partial charge in [-0.25, -0.2) is 0 Å². The maximum atomic E-state index is 9.71. The van der Waals surface area contributed by atoms with Crippen molar-refractivity contribution in [1.29, 1.82) is 0 Å². The summed E-state index contributed by atoms with van der Waals surface area (Å²) in [6, 6.07) is 0.293. The molecule has 3 unspecified atom stereocenters. The van der Waals surface area contributed by atoms with Crippen LogP contribution in [0, 0.1) is 11.8 Å². The Morgan fingerprint density at radius 1 is 1.38 bits per heavy atom. The first-order valence-electron chi connectivity index (χ1n) is 6.67. The third-order valence-corrected chi connectivity index (χ3v) is 3.35.